The smallest absolute Gasteiger partial charge is 0.313 e. The van der Waals surface area contributed by atoms with Crippen LogP contribution < -0.4 is 0 Å². The summed E-state index contributed by atoms with van der Waals surface area (Å²) in [6, 6.07) is 0. The average molecular weight is 374 g/mol. The largest absolute Gasteiger partial charge is 0.469 e. The summed E-state index contributed by atoms with van der Waals surface area (Å²) in [6.45, 7) is 0. The Hall–Kier alpha value is -1.58. The third kappa shape index (κ3) is 0.787. The Labute approximate surface area is 162 Å². The zero-order valence-electron chi connectivity index (χ0n) is 15.9. The van der Waals surface area contributed by atoms with Gasteiger partial charge < -0.3 is 9.47 Å². The maximum absolute atomic E-state index is 13.6. The van der Waals surface area contributed by atoms with Crippen LogP contribution in [0, 0.1) is 88.3 Å². The Morgan fingerprint density at radius 3 is 1.86 bits per heavy atom. The zero-order valence-corrected chi connectivity index (χ0v) is 15.9. The standard InChI is InChI=1S/C24H22O4/c1-27-22(25)18-10-8-4-3-5-7-6(4)12-14(8)20-16(10)17-11(18)9(5)15-13(7)19(12)24(20,21(15)17)23(26)28-2/h4-7,10-13,16-21H,3H2,1-2H3. The van der Waals surface area contributed by atoms with Crippen LogP contribution >= 0.6 is 0 Å². The number of esters is 2. The van der Waals surface area contributed by atoms with Crippen molar-refractivity contribution in [2.24, 2.45) is 88.3 Å². The molecule has 0 aromatic carbocycles. The Bertz CT molecular complexity index is 1020. The lowest BCUT2D eigenvalue weighted by Gasteiger charge is -2.34. The highest BCUT2D eigenvalue weighted by molar-refractivity contribution is 5.88. The van der Waals surface area contributed by atoms with Gasteiger partial charge in [-0.3, -0.25) is 9.59 Å². The molecule has 142 valence electrons. The summed E-state index contributed by atoms with van der Waals surface area (Å²) in [7, 11) is 3.19. The van der Waals surface area contributed by atoms with Crippen LogP contribution in [-0.4, -0.2) is 26.2 Å². The van der Waals surface area contributed by atoms with Gasteiger partial charge in [0.25, 0.3) is 0 Å². The van der Waals surface area contributed by atoms with Gasteiger partial charge in [0.1, 0.15) is 0 Å². The lowest BCUT2D eigenvalue weighted by Crippen LogP contribution is -2.42. The van der Waals surface area contributed by atoms with E-state index in [2.05, 4.69) is 0 Å². The van der Waals surface area contributed by atoms with Crippen LogP contribution in [-0.2, 0) is 19.1 Å². The quantitative estimate of drug-likeness (QED) is 0.549. The molecule has 6 saturated carbocycles. The van der Waals surface area contributed by atoms with Gasteiger partial charge in [-0.15, -0.1) is 0 Å². The molecule has 0 amide bonds. The van der Waals surface area contributed by atoms with Crippen molar-refractivity contribution < 1.29 is 19.1 Å². The summed E-state index contributed by atoms with van der Waals surface area (Å²) < 4.78 is 11.0. The van der Waals surface area contributed by atoms with Gasteiger partial charge in [-0.1, -0.05) is 22.3 Å². The number of ether oxygens (including phenoxy) is 2. The molecule has 4 nitrogen and oxygen atoms in total. The predicted octanol–water partition coefficient (Wildman–Crippen LogP) is 2.06. The van der Waals surface area contributed by atoms with Crippen molar-refractivity contribution in [3.8, 4) is 0 Å². The first-order chi connectivity index (χ1) is 13.7. The third-order valence-corrected chi connectivity index (χ3v) is 12.5. The van der Waals surface area contributed by atoms with Crippen LogP contribution in [0.4, 0.5) is 0 Å². The van der Waals surface area contributed by atoms with Crippen molar-refractivity contribution in [2.75, 3.05) is 14.2 Å². The SMILES string of the molecule is COC(=O)C1C2C3=C4C5C6C3CC3C7=C8C(C36)C5C3(C(=O)OC)C4C2C(C71)C83. The molecule has 0 saturated heterocycles. The minimum atomic E-state index is -0.258. The molecule has 0 aliphatic heterocycles. The molecule has 0 aromatic heterocycles. The van der Waals surface area contributed by atoms with Crippen molar-refractivity contribution >= 4 is 11.9 Å². The van der Waals surface area contributed by atoms with E-state index in [4.69, 9.17) is 9.47 Å². The molecule has 10 rings (SSSR count). The van der Waals surface area contributed by atoms with Crippen molar-refractivity contribution in [1.29, 1.82) is 0 Å². The summed E-state index contributed by atoms with van der Waals surface area (Å²) in [5.41, 5.74) is 6.53. The van der Waals surface area contributed by atoms with Gasteiger partial charge in [0.2, 0.25) is 0 Å². The van der Waals surface area contributed by atoms with Crippen molar-refractivity contribution in [2.45, 2.75) is 6.42 Å². The topological polar surface area (TPSA) is 52.6 Å². The Kier molecular flexibility index (Phi) is 1.62. The second-order valence-electron chi connectivity index (χ2n) is 11.6. The second-order valence-corrected chi connectivity index (χ2v) is 11.6. The summed E-state index contributed by atoms with van der Waals surface area (Å²) >= 11 is 0. The summed E-state index contributed by atoms with van der Waals surface area (Å²) in [6.07, 6.45) is 1.36. The number of hydrogen-bond acceptors (Lipinski definition) is 4. The molecule has 0 heterocycles. The van der Waals surface area contributed by atoms with Gasteiger partial charge in [-0.2, -0.15) is 0 Å². The van der Waals surface area contributed by atoms with E-state index in [0.717, 1.165) is 11.8 Å². The highest BCUT2D eigenvalue weighted by atomic mass is 16.5. The molecular formula is C24H22O4. The minimum absolute atomic E-state index is 0.0343. The molecule has 0 bridgehead atoms. The molecule has 10 aliphatic rings. The van der Waals surface area contributed by atoms with Crippen LogP contribution in [0.2, 0.25) is 0 Å². The van der Waals surface area contributed by atoms with Gasteiger partial charge in [0, 0.05) is 11.8 Å². The van der Waals surface area contributed by atoms with E-state index in [1.54, 1.807) is 36.5 Å². The van der Waals surface area contributed by atoms with Gasteiger partial charge in [0.05, 0.1) is 25.6 Å². The zero-order chi connectivity index (χ0) is 18.2. The first-order valence-electron chi connectivity index (χ1n) is 11.3. The number of allylic oxidation sites excluding steroid dienone is 4. The van der Waals surface area contributed by atoms with Gasteiger partial charge in [0.15, 0.2) is 0 Å². The molecule has 0 N–H and O–H groups in total. The van der Waals surface area contributed by atoms with Crippen LogP contribution in [0.25, 0.3) is 0 Å². The molecule has 4 heteroatoms. The summed E-state index contributed by atoms with van der Waals surface area (Å²) in [5.74, 6) is 7.58. The first-order valence-corrected chi connectivity index (χ1v) is 11.3. The van der Waals surface area contributed by atoms with Crippen LogP contribution in [0.15, 0.2) is 22.3 Å². The van der Waals surface area contributed by atoms with Crippen LogP contribution in [0.3, 0.4) is 0 Å². The van der Waals surface area contributed by atoms with Crippen LogP contribution in [0.5, 0.6) is 0 Å². The Morgan fingerprint density at radius 2 is 1.36 bits per heavy atom. The highest BCUT2D eigenvalue weighted by Gasteiger charge is 2.95. The molecule has 12 unspecified atom stereocenters. The molecule has 6 fully saturated rings. The van der Waals surface area contributed by atoms with Crippen molar-refractivity contribution in [3.63, 3.8) is 0 Å². The Balaban J connectivity index is 1.41. The molecule has 0 aromatic rings. The molecule has 0 radical (unpaired) electrons. The minimum Gasteiger partial charge on any atom is -0.469 e. The van der Waals surface area contributed by atoms with E-state index in [1.807, 2.05) is 0 Å². The number of rotatable bonds is 2. The normalized spacial score (nSPS) is 69.1. The fourth-order valence-electron chi connectivity index (χ4n) is 13.3. The number of carbonyl (C=O) groups excluding carboxylic acids is 2. The van der Waals surface area contributed by atoms with Crippen molar-refractivity contribution in [1.82, 2.24) is 0 Å². The van der Waals surface area contributed by atoms with Crippen molar-refractivity contribution in [3.05, 3.63) is 22.3 Å². The van der Waals surface area contributed by atoms with E-state index in [9.17, 15) is 9.59 Å². The van der Waals surface area contributed by atoms with E-state index in [-0.39, 0.29) is 23.3 Å². The second kappa shape index (κ2) is 3.33. The predicted molar refractivity (Wildman–Crippen MR) is 94.0 cm³/mol. The molecule has 28 heavy (non-hydrogen) atoms. The highest BCUT2D eigenvalue weighted by Crippen LogP contribution is 2.97. The van der Waals surface area contributed by atoms with E-state index in [1.165, 1.54) is 6.42 Å². The average Bonchev–Trinajstić information content (AvgIpc) is 3.43. The van der Waals surface area contributed by atoms with E-state index < -0.39 is 0 Å². The van der Waals surface area contributed by atoms with Gasteiger partial charge in [-0.05, 0) is 71.5 Å². The first kappa shape index (κ1) is 13.6. The lowest BCUT2D eigenvalue weighted by atomic mass is 9.69. The third-order valence-electron chi connectivity index (χ3n) is 12.5. The van der Waals surface area contributed by atoms with Crippen LogP contribution in [0.1, 0.15) is 6.42 Å². The number of methoxy groups -OCH3 is 2. The molecule has 10 aliphatic carbocycles. The number of fused-ring (bicyclic) bond motifs is 4. The Morgan fingerprint density at radius 1 is 0.786 bits per heavy atom. The van der Waals surface area contributed by atoms with Gasteiger partial charge >= 0.3 is 11.9 Å². The molecule has 12 atom stereocenters. The molecule has 0 spiro atoms. The fourth-order valence-corrected chi connectivity index (χ4v) is 13.3. The maximum atomic E-state index is 13.6. The summed E-state index contributed by atoms with van der Waals surface area (Å²) in [4.78, 5) is 26.7. The molecular weight excluding hydrogens is 352 g/mol. The fraction of sp³-hybridized carbons (Fsp3) is 0.750. The van der Waals surface area contributed by atoms with E-state index in [0.29, 0.717) is 65.1 Å². The maximum Gasteiger partial charge on any atom is 0.313 e. The summed E-state index contributed by atoms with van der Waals surface area (Å²) in [5, 5.41) is 0. The number of hydrogen-bond donors (Lipinski definition) is 0. The monoisotopic (exact) mass is 374 g/mol. The van der Waals surface area contributed by atoms with E-state index >= 15 is 0 Å². The van der Waals surface area contributed by atoms with Gasteiger partial charge in [-0.25, -0.2) is 0 Å². The lowest BCUT2D eigenvalue weighted by molar-refractivity contribution is -0.159. The number of carbonyl (C=O) groups is 2.